The zero-order valence-corrected chi connectivity index (χ0v) is 23.0. The van der Waals surface area contributed by atoms with Crippen LogP contribution < -0.4 is 10.6 Å². The number of carbonyl (C=O) groups excluding carboxylic acids is 2. The van der Waals surface area contributed by atoms with E-state index < -0.39 is 23.9 Å². The number of ether oxygens (including phenoxy) is 1. The highest BCUT2D eigenvalue weighted by molar-refractivity contribution is 6.33. The molecule has 11 heteroatoms. The minimum atomic E-state index is -0.970. The maximum Gasteiger partial charge on any atom is 0.254 e. The van der Waals surface area contributed by atoms with Gasteiger partial charge < -0.3 is 25.4 Å². The molecule has 0 aliphatic carbocycles. The Morgan fingerprint density at radius 2 is 2.02 bits per heavy atom. The molecule has 40 heavy (non-hydrogen) atoms. The Morgan fingerprint density at radius 1 is 1.25 bits per heavy atom. The molecule has 0 spiro atoms. The molecule has 5 rings (SSSR count). The fraction of sp³-hybridized carbons (Fsp3) is 0.379. The molecule has 0 bridgehead atoms. The molecule has 2 aromatic carbocycles. The van der Waals surface area contributed by atoms with Gasteiger partial charge in [0, 0.05) is 36.9 Å². The molecular formula is C29H31ClFN5O4. The van der Waals surface area contributed by atoms with Gasteiger partial charge in [-0.15, -0.1) is 0 Å². The summed E-state index contributed by atoms with van der Waals surface area (Å²) in [4.78, 5) is 36.5. The van der Waals surface area contributed by atoms with Crippen LogP contribution in [-0.2, 0) is 16.1 Å². The second-order valence-corrected chi connectivity index (χ2v) is 10.7. The number of hydrogen-bond donors (Lipinski definition) is 3. The number of hydrogen-bond acceptors (Lipinski definition) is 7. The second kappa shape index (κ2) is 11.9. The number of aryl methyl sites for hydroxylation is 1. The van der Waals surface area contributed by atoms with Gasteiger partial charge in [0.25, 0.3) is 5.91 Å². The molecule has 2 aliphatic heterocycles. The summed E-state index contributed by atoms with van der Waals surface area (Å²) in [6, 6.07) is 9.16. The minimum Gasteiger partial charge on any atom is -0.391 e. The number of fused-ring (bicyclic) bond motifs is 1. The quantitative estimate of drug-likeness (QED) is 0.376. The molecule has 9 nitrogen and oxygen atoms in total. The van der Waals surface area contributed by atoms with Crippen LogP contribution in [0.4, 0.5) is 10.3 Å². The molecule has 1 fully saturated rings. The minimum absolute atomic E-state index is 0.211. The summed E-state index contributed by atoms with van der Waals surface area (Å²) in [6.07, 6.45) is 2.29. The molecule has 3 aromatic rings. The average Bonchev–Trinajstić information content (AvgIpc) is 3.22. The number of anilines is 1. The molecule has 2 amide bonds. The van der Waals surface area contributed by atoms with Gasteiger partial charge in [0.2, 0.25) is 11.9 Å². The van der Waals surface area contributed by atoms with Crippen molar-refractivity contribution in [2.24, 2.45) is 0 Å². The number of aromatic nitrogens is 2. The molecule has 2 atom stereocenters. The molecule has 3 N–H and O–H groups in total. The number of nitrogens with one attached hydrogen (secondary N) is 2. The van der Waals surface area contributed by atoms with Gasteiger partial charge >= 0.3 is 0 Å². The normalized spacial score (nSPS) is 16.9. The predicted octanol–water partition coefficient (Wildman–Crippen LogP) is 4.03. The molecule has 0 unspecified atom stereocenters. The summed E-state index contributed by atoms with van der Waals surface area (Å²) in [7, 11) is 0. The van der Waals surface area contributed by atoms with E-state index in [0.717, 1.165) is 18.4 Å². The fourth-order valence-corrected chi connectivity index (χ4v) is 5.32. The van der Waals surface area contributed by atoms with E-state index >= 15 is 0 Å². The van der Waals surface area contributed by atoms with Gasteiger partial charge in [-0.1, -0.05) is 29.8 Å². The Hall–Kier alpha value is -3.60. The van der Waals surface area contributed by atoms with E-state index in [1.54, 1.807) is 19.1 Å². The molecule has 3 heterocycles. The highest BCUT2D eigenvalue weighted by Gasteiger charge is 2.31. The Balaban J connectivity index is 1.29. The van der Waals surface area contributed by atoms with Crippen molar-refractivity contribution in [1.82, 2.24) is 20.2 Å². The van der Waals surface area contributed by atoms with Crippen molar-refractivity contribution in [3.63, 3.8) is 0 Å². The molecule has 1 aromatic heterocycles. The number of nitrogens with zero attached hydrogens (tertiary/aromatic N) is 3. The first-order chi connectivity index (χ1) is 19.2. The van der Waals surface area contributed by atoms with E-state index in [-0.39, 0.29) is 25.0 Å². The highest BCUT2D eigenvalue weighted by atomic mass is 35.5. The molecule has 0 radical (unpaired) electrons. The van der Waals surface area contributed by atoms with Gasteiger partial charge in [-0.05, 0) is 61.6 Å². The molecule has 2 aliphatic rings. The standard InChI is InChI=1S/C29H31ClFN5O4/c1-16-9-20(11-21(31)10-16)26(17(2)37)34-25(38)15-36-14-19-4-3-18(12-23(19)28(36)39)27-24(30)13-32-29(35-27)33-22-5-7-40-8-6-22/h3-4,9-13,17,22,26,37H,5-8,14-15H2,1-2H3,(H,34,38)(H,32,33,35)/t17-,26+/m0/s1. The summed E-state index contributed by atoms with van der Waals surface area (Å²) >= 11 is 6.44. The third-order valence-corrected chi connectivity index (χ3v) is 7.39. The molecule has 1 saturated heterocycles. The maximum absolute atomic E-state index is 14.0. The van der Waals surface area contributed by atoms with Crippen LogP contribution in [0.1, 0.15) is 52.9 Å². The zero-order chi connectivity index (χ0) is 28.4. The lowest BCUT2D eigenvalue weighted by molar-refractivity contribution is -0.123. The number of carbonyl (C=O) groups is 2. The summed E-state index contributed by atoms with van der Waals surface area (Å²) in [5, 5.41) is 16.7. The van der Waals surface area contributed by atoms with E-state index in [2.05, 4.69) is 20.6 Å². The van der Waals surface area contributed by atoms with Crippen LogP contribution in [0.5, 0.6) is 0 Å². The zero-order valence-electron chi connectivity index (χ0n) is 22.3. The number of aliphatic hydroxyl groups is 1. The van der Waals surface area contributed by atoms with Gasteiger partial charge in [0.15, 0.2) is 0 Å². The van der Waals surface area contributed by atoms with E-state index in [1.165, 1.54) is 30.2 Å². The number of halogens is 2. The van der Waals surface area contributed by atoms with Crippen LogP contribution in [0, 0.1) is 12.7 Å². The van der Waals surface area contributed by atoms with Crippen molar-refractivity contribution in [3.8, 4) is 11.3 Å². The summed E-state index contributed by atoms with van der Waals surface area (Å²) in [6.45, 7) is 4.67. The first-order valence-electron chi connectivity index (χ1n) is 13.2. The molecule has 0 saturated carbocycles. The average molecular weight is 568 g/mol. The summed E-state index contributed by atoms with van der Waals surface area (Å²) in [5.74, 6) is -0.756. The first kappa shape index (κ1) is 27.9. The predicted molar refractivity (Wildman–Crippen MR) is 148 cm³/mol. The maximum atomic E-state index is 14.0. The lowest BCUT2D eigenvalue weighted by Gasteiger charge is -2.24. The number of benzene rings is 2. The van der Waals surface area contributed by atoms with Crippen molar-refractivity contribution in [1.29, 1.82) is 0 Å². The van der Waals surface area contributed by atoms with Gasteiger partial charge in [0.1, 0.15) is 12.4 Å². The van der Waals surface area contributed by atoms with Crippen molar-refractivity contribution in [3.05, 3.63) is 75.7 Å². The van der Waals surface area contributed by atoms with E-state index in [9.17, 15) is 19.1 Å². The van der Waals surface area contributed by atoms with Crippen LogP contribution in [0.15, 0.2) is 42.6 Å². The second-order valence-electron chi connectivity index (χ2n) is 10.3. The Morgan fingerprint density at radius 3 is 2.75 bits per heavy atom. The van der Waals surface area contributed by atoms with Crippen molar-refractivity contribution < 1.29 is 23.8 Å². The monoisotopic (exact) mass is 567 g/mol. The summed E-state index contributed by atoms with van der Waals surface area (Å²) in [5.41, 5.74) is 3.53. The third-order valence-electron chi connectivity index (χ3n) is 7.12. The first-order valence-corrected chi connectivity index (χ1v) is 13.6. The SMILES string of the molecule is Cc1cc(F)cc([C@H](NC(=O)CN2Cc3ccc(-c4nc(NC5CCOCC5)ncc4Cl)cc3C2=O)[C@H](C)O)c1. The highest BCUT2D eigenvalue weighted by Crippen LogP contribution is 2.32. The number of aliphatic hydroxyl groups excluding tert-OH is 1. The topological polar surface area (TPSA) is 117 Å². The van der Waals surface area contributed by atoms with E-state index in [1.807, 2.05) is 12.1 Å². The Labute approximate surface area is 236 Å². The third kappa shape index (κ3) is 6.24. The van der Waals surface area contributed by atoms with Crippen molar-refractivity contribution in [2.75, 3.05) is 25.1 Å². The summed E-state index contributed by atoms with van der Waals surface area (Å²) < 4.78 is 19.4. The van der Waals surface area contributed by atoms with Crippen LogP contribution in [0.2, 0.25) is 5.02 Å². The van der Waals surface area contributed by atoms with Gasteiger partial charge in [-0.2, -0.15) is 0 Å². The van der Waals surface area contributed by atoms with Crippen molar-refractivity contribution in [2.45, 2.75) is 51.4 Å². The van der Waals surface area contributed by atoms with E-state index in [4.69, 9.17) is 16.3 Å². The lowest BCUT2D eigenvalue weighted by atomic mass is 10.00. The van der Waals surface area contributed by atoms with Crippen molar-refractivity contribution >= 4 is 29.4 Å². The van der Waals surface area contributed by atoms with Crippen LogP contribution in [0.25, 0.3) is 11.3 Å². The largest absolute Gasteiger partial charge is 0.391 e. The van der Waals surface area contributed by atoms with E-state index in [0.29, 0.717) is 52.1 Å². The van der Waals surface area contributed by atoms with Gasteiger partial charge in [-0.3, -0.25) is 9.59 Å². The van der Waals surface area contributed by atoms with Crippen LogP contribution in [0.3, 0.4) is 0 Å². The molecule has 210 valence electrons. The van der Waals surface area contributed by atoms with Crippen LogP contribution >= 0.6 is 11.6 Å². The van der Waals surface area contributed by atoms with Crippen LogP contribution in [-0.4, -0.2) is 63.7 Å². The lowest BCUT2D eigenvalue weighted by Crippen LogP contribution is -2.42. The Kier molecular flexibility index (Phi) is 8.30. The van der Waals surface area contributed by atoms with Gasteiger partial charge in [0.05, 0.1) is 29.1 Å². The Bertz CT molecular complexity index is 1410. The smallest absolute Gasteiger partial charge is 0.254 e. The van der Waals surface area contributed by atoms with Gasteiger partial charge in [-0.25, -0.2) is 14.4 Å². The molecular weight excluding hydrogens is 537 g/mol. The number of amides is 2. The fourth-order valence-electron chi connectivity index (χ4n) is 5.12. The number of rotatable bonds is 8.